The van der Waals surface area contributed by atoms with Gasteiger partial charge in [0.1, 0.15) is 12.4 Å². The first-order valence-corrected chi connectivity index (χ1v) is 11.0. The highest BCUT2D eigenvalue weighted by Gasteiger charge is 2.26. The number of aromatic nitrogens is 3. The third-order valence-electron chi connectivity index (χ3n) is 5.99. The fourth-order valence-electron chi connectivity index (χ4n) is 4.40. The molecule has 1 fully saturated rings. The SMILES string of the molecule is CCNC(=NCc1nnc2n1CCC2)NC1CCN(Cc2ccccc2)C(C)C1.I. The van der Waals surface area contributed by atoms with Crippen LogP contribution in [-0.2, 0) is 26.1 Å². The number of likely N-dealkylation sites (tertiary alicyclic amines) is 1. The molecule has 8 heteroatoms. The standard InChI is InChI=1S/C22H33N7.HI/c1-3-23-22(24-15-21-27-26-20-10-7-12-29(20)21)25-19-11-13-28(17(2)14-19)16-18-8-5-4-6-9-18;/h4-6,8-9,17,19H,3,7,10-16H2,1-2H3,(H2,23,24,25);1H. The fourth-order valence-corrected chi connectivity index (χ4v) is 4.40. The van der Waals surface area contributed by atoms with Crippen molar-refractivity contribution >= 4 is 29.9 Å². The summed E-state index contributed by atoms with van der Waals surface area (Å²) in [7, 11) is 0. The molecule has 2 N–H and O–H groups in total. The predicted octanol–water partition coefficient (Wildman–Crippen LogP) is 2.95. The molecule has 0 bridgehead atoms. The molecule has 0 amide bonds. The Balaban J connectivity index is 0.00000256. The van der Waals surface area contributed by atoms with Gasteiger partial charge >= 0.3 is 0 Å². The minimum atomic E-state index is 0. The second-order valence-corrected chi connectivity index (χ2v) is 8.15. The van der Waals surface area contributed by atoms with Crippen molar-refractivity contribution in [3.8, 4) is 0 Å². The Bertz CT molecular complexity index is 820. The number of hydrogen-bond donors (Lipinski definition) is 2. The highest BCUT2D eigenvalue weighted by Crippen LogP contribution is 2.20. The lowest BCUT2D eigenvalue weighted by Gasteiger charge is -2.38. The van der Waals surface area contributed by atoms with Crippen LogP contribution in [0, 0.1) is 0 Å². The van der Waals surface area contributed by atoms with Gasteiger partial charge in [0.2, 0.25) is 0 Å². The van der Waals surface area contributed by atoms with E-state index in [-0.39, 0.29) is 24.0 Å². The molecule has 4 rings (SSSR count). The molecule has 7 nitrogen and oxygen atoms in total. The molecule has 2 aromatic rings. The van der Waals surface area contributed by atoms with Crippen LogP contribution in [0.2, 0.25) is 0 Å². The van der Waals surface area contributed by atoms with Crippen LogP contribution in [0.3, 0.4) is 0 Å². The van der Waals surface area contributed by atoms with Gasteiger partial charge in [0.15, 0.2) is 11.8 Å². The Hall–Kier alpha value is -1.68. The molecule has 2 atom stereocenters. The molecule has 30 heavy (non-hydrogen) atoms. The van der Waals surface area contributed by atoms with Gasteiger partial charge in [-0.25, -0.2) is 4.99 Å². The topological polar surface area (TPSA) is 70.4 Å². The Morgan fingerprint density at radius 2 is 2.03 bits per heavy atom. The van der Waals surface area contributed by atoms with E-state index >= 15 is 0 Å². The van der Waals surface area contributed by atoms with Crippen molar-refractivity contribution in [3.63, 3.8) is 0 Å². The van der Waals surface area contributed by atoms with E-state index in [0.29, 0.717) is 18.6 Å². The van der Waals surface area contributed by atoms with Gasteiger partial charge in [0.25, 0.3) is 0 Å². The van der Waals surface area contributed by atoms with Gasteiger partial charge in [-0.2, -0.15) is 0 Å². The predicted molar refractivity (Wildman–Crippen MR) is 131 cm³/mol. The summed E-state index contributed by atoms with van der Waals surface area (Å²) in [6.07, 6.45) is 4.45. The lowest BCUT2D eigenvalue weighted by molar-refractivity contribution is 0.134. The van der Waals surface area contributed by atoms with Crippen LogP contribution >= 0.6 is 24.0 Å². The van der Waals surface area contributed by atoms with Gasteiger partial charge in [-0.3, -0.25) is 4.90 Å². The number of halogens is 1. The van der Waals surface area contributed by atoms with Crippen molar-refractivity contribution in [2.75, 3.05) is 13.1 Å². The molecule has 164 valence electrons. The van der Waals surface area contributed by atoms with Crippen LogP contribution in [0.4, 0.5) is 0 Å². The number of fused-ring (bicyclic) bond motifs is 1. The zero-order valence-electron chi connectivity index (χ0n) is 18.0. The molecular formula is C22H34IN7. The van der Waals surface area contributed by atoms with Crippen molar-refractivity contribution in [2.24, 2.45) is 4.99 Å². The van der Waals surface area contributed by atoms with Gasteiger partial charge in [-0.15, -0.1) is 34.2 Å². The molecule has 2 aliphatic heterocycles. The van der Waals surface area contributed by atoms with E-state index in [0.717, 1.165) is 63.0 Å². The average molecular weight is 523 g/mol. The summed E-state index contributed by atoms with van der Waals surface area (Å²) in [6, 6.07) is 11.8. The van der Waals surface area contributed by atoms with E-state index in [9.17, 15) is 0 Å². The van der Waals surface area contributed by atoms with E-state index < -0.39 is 0 Å². The average Bonchev–Trinajstić information content (AvgIpc) is 3.34. The van der Waals surface area contributed by atoms with Crippen LogP contribution in [0.1, 0.15) is 50.3 Å². The first-order valence-electron chi connectivity index (χ1n) is 11.0. The highest BCUT2D eigenvalue weighted by molar-refractivity contribution is 14.0. The summed E-state index contributed by atoms with van der Waals surface area (Å²) in [5, 5.41) is 15.7. The molecule has 0 radical (unpaired) electrons. The molecule has 0 spiro atoms. The second kappa shape index (κ2) is 11.1. The molecule has 2 aliphatic rings. The molecule has 1 aromatic carbocycles. The second-order valence-electron chi connectivity index (χ2n) is 8.15. The van der Waals surface area contributed by atoms with Crippen molar-refractivity contribution in [3.05, 3.63) is 47.5 Å². The quantitative estimate of drug-likeness (QED) is 0.346. The van der Waals surface area contributed by atoms with Crippen molar-refractivity contribution < 1.29 is 0 Å². The van der Waals surface area contributed by atoms with E-state index in [2.05, 4.69) is 74.5 Å². The number of rotatable bonds is 6. The number of guanidine groups is 1. The lowest BCUT2D eigenvalue weighted by Crippen LogP contribution is -2.51. The van der Waals surface area contributed by atoms with Crippen molar-refractivity contribution in [1.82, 2.24) is 30.3 Å². The zero-order chi connectivity index (χ0) is 20.1. The van der Waals surface area contributed by atoms with E-state index in [1.54, 1.807) is 0 Å². The van der Waals surface area contributed by atoms with Gasteiger partial charge in [-0.1, -0.05) is 30.3 Å². The van der Waals surface area contributed by atoms with Crippen molar-refractivity contribution in [1.29, 1.82) is 0 Å². The third-order valence-corrected chi connectivity index (χ3v) is 5.99. The largest absolute Gasteiger partial charge is 0.357 e. The summed E-state index contributed by atoms with van der Waals surface area (Å²) in [6.45, 7) is 9.02. The Morgan fingerprint density at radius 3 is 2.80 bits per heavy atom. The van der Waals surface area contributed by atoms with Gasteiger partial charge in [-0.05, 0) is 38.7 Å². The summed E-state index contributed by atoms with van der Waals surface area (Å²) in [5.74, 6) is 2.96. The summed E-state index contributed by atoms with van der Waals surface area (Å²) >= 11 is 0. The minimum Gasteiger partial charge on any atom is -0.357 e. The van der Waals surface area contributed by atoms with E-state index in [1.807, 2.05) is 0 Å². The normalized spacial score (nSPS) is 21.7. The number of aryl methyl sites for hydroxylation is 1. The summed E-state index contributed by atoms with van der Waals surface area (Å²) in [5.41, 5.74) is 1.39. The molecule has 0 saturated carbocycles. The summed E-state index contributed by atoms with van der Waals surface area (Å²) < 4.78 is 2.22. The maximum absolute atomic E-state index is 4.80. The smallest absolute Gasteiger partial charge is 0.191 e. The van der Waals surface area contributed by atoms with Crippen LogP contribution < -0.4 is 10.6 Å². The van der Waals surface area contributed by atoms with E-state index in [1.165, 1.54) is 12.0 Å². The van der Waals surface area contributed by atoms with Crippen LogP contribution in [0.25, 0.3) is 0 Å². The number of nitrogens with zero attached hydrogens (tertiary/aromatic N) is 5. The van der Waals surface area contributed by atoms with E-state index in [4.69, 9.17) is 4.99 Å². The molecular weight excluding hydrogens is 489 g/mol. The lowest BCUT2D eigenvalue weighted by atomic mass is 9.97. The van der Waals surface area contributed by atoms with Gasteiger partial charge in [0, 0.05) is 44.7 Å². The number of benzene rings is 1. The molecule has 1 aromatic heterocycles. The molecule has 3 heterocycles. The Kier molecular flexibility index (Phi) is 8.50. The molecule has 0 aliphatic carbocycles. The zero-order valence-corrected chi connectivity index (χ0v) is 20.4. The molecule has 1 saturated heterocycles. The Morgan fingerprint density at radius 1 is 1.20 bits per heavy atom. The maximum atomic E-state index is 4.80. The number of piperidine rings is 1. The van der Waals surface area contributed by atoms with Crippen LogP contribution in [0.5, 0.6) is 0 Å². The number of hydrogen-bond acceptors (Lipinski definition) is 4. The third kappa shape index (κ3) is 5.72. The van der Waals surface area contributed by atoms with Gasteiger partial charge < -0.3 is 15.2 Å². The van der Waals surface area contributed by atoms with Gasteiger partial charge in [0.05, 0.1) is 0 Å². The summed E-state index contributed by atoms with van der Waals surface area (Å²) in [4.78, 5) is 7.38. The monoisotopic (exact) mass is 523 g/mol. The molecule has 2 unspecified atom stereocenters. The number of nitrogens with one attached hydrogen (secondary N) is 2. The van der Waals surface area contributed by atoms with Crippen LogP contribution in [-0.4, -0.2) is 50.8 Å². The maximum Gasteiger partial charge on any atom is 0.191 e. The fraction of sp³-hybridized carbons (Fsp3) is 0.591. The van der Waals surface area contributed by atoms with Crippen molar-refractivity contribution in [2.45, 2.75) is 71.2 Å². The first-order chi connectivity index (χ1) is 14.2. The Labute approximate surface area is 196 Å². The number of aliphatic imine (C=N–C) groups is 1. The first kappa shape index (κ1) is 23.0. The highest BCUT2D eigenvalue weighted by atomic mass is 127. The van der Waals surface area contributed by atoms with Crippen LogP contribution in [0.15, 0.2) is 35.3 Å². The minimum absolute atomic E-state index is 0.